The number of nitrogens with one attached hydrogen (secondary N) is 1. The summed E-state index contributed by atoms with van der Waals surface area (Å²) in [4.78, 5) is 21.8. The summed E-state index contributed by atoms with van der Waals surface area (Å²) >= 11 is 0. The molecule has 1 aliphatic rings. The van der Waals surface area contributed by atoms with Crippen molar-refractivity contribution in [3.8, 4) is 0 Å². The Bertz CT molecular complexity index is 554. The van der Waals surface area contributed by atoms with Gasteiger partial charge >= 0.3 is 18.1 Å². The lowest BCUT2D eigenvalue weighted by Gasteiger charge is -2.12. The maximum Gasteiger partial charge on any atom is 0.471 e. The number of alkyl halides is 3. The number of anilines is 1. The van der Waals surface area contributed by atoms with Gasteiger partial charge in [0, 0.05) is 0 Å². The minimum Gasteiger partial charge on any atom is -0.478 e. The lowest BCUT2D eigenvalue weighted by Crippen LogP contribution is -2.30. The number of carbonyl (C=O) groups is 2. The Labute approximate surface area is 105 Å². The fraction of sp³-hybridized carbons (Fsp3) is 0.273. The van der Waals surface area contributed by atoms with Crippen LogP contribution in [-0.4, -0.2) is 23.2 Å². The predicted molar refractivity (Wildman–Crippen MR) is 56.6 cm³/mol. The molecule has 0 bridgehead atoms. The van der Waals surface area contributed by atoms with Crippen LogP contribution < -0.4 is 5.32 Å². The van der Waals surface area contributed by atoms with Crippen molar-refractivity contribution in [2.45, 2.75) is 19.4 Å². The number of halogens is 3. The molecule has 0 fully saturated rings. The van der Waals surface area contributed by atoms with Crippen LogP contribution in [0.3, 0.4) is 0 Å². The van der Waals surface area contributed by atoms with Gasteiger partial charge in [0.2, 0.25) is 0 Å². The van der Waals surface area contributed by atoms with Crippen LogP contribution in [-0.2, 0) is 22.7 Å². The van der Waals surface area contributed by atoms with Crippen LogP contribution in [0.4, 0.5) is 18.9 Å². The maximum absolute atomic E-state index is 12.2. The quantitative estimate of drug-likeness (QED) is 0.864. The van der Waals surface area contributed by atoms with Crippen LogP contribution >= 0.6 is 0 Å². The summed E-state index contributed by atoms with van der Waals surface area (Å²) in [5.41, 5.74) is 0.353. The van der Waals surface area contributed by atoms with E-state index in [0.29, 0.717) is 11.1 Å². The molecule has 0 aromatic heterocycles. The van der Waals surface area contributed by atoms with Crippen molar-refractivity contribution in [3.05, 3.63) is 28.8 Å². The molecule has 2 N–H and O–H groups in total. The lowest BCUT2D eigenvalue weighted by atomic mass is 10.0. The summed E-state index contributed by atoms with van der Waals surface area (Å²) < 4.78 is 41.5. The number of rotatable bonds is 2. The molecule has 19 heavy (non-hydrogen) atoms. The third kappa shape index (κ3) is 2.68. The number of ether oxygens (including phenoxy) is 1. The van der Waals surface area contributed by atoms with Crippen LogP contribution in [0, 0.1) is 0 Å². The number of amides is 1. The van der Waals surface area contributed by atoms with Gasteiger partial charge in [-0.05, 0) is 23.3 Å². The van der Waals surface area contributed by atoms with E-state index in [2.05, 4.69) is 0 Å². The Morgan fingerprint density at radius 1 is 1.21 bits per heavy atom. The standard InChI is InChI=1S/C11H8F3NO4/c12-11(13,14)10(18)15-8-2-6-4-19-3-5(6)1-7(8)9(16)17/h1-2H,3-4H2,(H,15,18)(H,16,17). The average molecular weight is 275 g/mol. The predicted octanol–water partition coefficient (Wildman–Crippen LogP) is 1.92. The van der Waals surface area contributed by atoms with Crippen LogP contribution in [0.15, 0.2) is 12.1 Å². The van der Waals surface area contributed by atoms with Crippen LogP contribution in [0.25, 0.3) is 0 Å². The summed E-state index contributed by atoms with van der Waals surface area (Å²) in [7, 11) is 0. The zero-order chi connectivity index (χ0) is 14.2. The first-order valence-electron chi connectivity index (χ1n) is 5.14. The second-order valence-corrected chi connectivity index (χ2v) is 3.92. The van der Waals surface area contributed by atoms with E-state index in [1.165, 1.54) is 12.1 Å². The van der Waals surface area contributed by atoms with E-state index < -0.39 is 23.6 Å². The Hall–Kier alpha value is -2.09. The SMILES string of the molecule is O=C(O)c1cc2c(cc1NC(=O)C(F)(F)F)COC2. The number of carbonyl (C=O) groups excluding carboxylic acids is 1. The molecule has 1 aliphatic heterocycles. The first-order valence-corrected chi connectivity index (χ1v) is 5.14. The lowest BCUT2D eigenvalue weighted by molar-refractivity contribution is -0.167. The van der Waals surface area contributed by atoms with Crippen molar-refractivity contribution in [3.63, 3.8) is 0 Å². The van der Waals surface area contributed by atoms with E-state index in [1.54, 1.807) is 5.32 Å². The van der Waals surface area contributed by atoms with Crippen molar-refractivity contribution in [1.82, 2.24) is 0 Å². The molecule has 1 aromatic rings. The van der Waals surface area contributed by atoms with Crippen molar-refractivity contribution in [2.24, 2.45) is 0 Å². The molecule has 0 unspecified atom stereocenters. The summed E-state index contributed by atoms with van der Waals surface area (Å²) in [5.74, 6) is -3.64. The zero-order valence-corrected chi connectivity index (χ0v) is 9.37. The highest BCUT2D eigenvalue weighted by Crippen LogP contribution is 2.28. The Balaban J connectivity index is 2.39. The molecule has 1 heterocycles. The van der Waals surface area contributed by atoms with Gasteiger partial charge in [0.1, 0.15) is 0 Å². The van der Waals surface area contributed by atoms with Gasteiger partial charge in [-0.3, -0.25) is 4.79 Å². The topological polar surface area (TPSA) is 75.6 Å². The van der Waals surface area contributed by atoms with Crippen molar-refractivity contribution >= 4 is 17.6 Å². The van der Waals surface area contributed by atoms with Gasteiger partial charge in [-0.25, -0.2) is 4.79 Å². The third-order valence-corrected chi connectivity index (χ3v) is 2.59. The fourth-order valence-electron chi connectivity index (χ4n) is 1.70. The Morgan fingerprint density at radius 3 is 2.32 bits per heavy atom. The van der Waals surface area contributed by atoms with Gasteiger partial charge in [-0.15, -0.1) is 0 Å². The monoisotopic (exact) mass is 275 g/mol. The number of aromatic carboxylic acids is 1. The third-order valence-electron chi connectivity index (χ3n) is 2.59. The minimum atomic E-state index is -5.08. The highest BCUT2D eigenvalue weighted by Gasteiger charge is 2.39. The zero-order valence-electron chi connectivity index (χ0n) is 9.37. The molecule has 1 amide bonds. The summed E-state index contributed by atoms with van der Waals surface area (Å²) in [6.07, 6.45) is -5.08. The second kappa shape index (κ2) is 4.54. The Kier molecular flexibility index (Phi) is 3.19. The number of fused-ring (bicyclic) bond motifs is 1. The molecule has 2 rings (SSSR count). The van der Waals surface area contributed by atoms with E-state index in [-0.39, 0.29) is 18.9 Å². The molecule has 102 valence electrons. The molecular formula is C11H8F3NO4. The van der Waals surface area contributed by atoms with Crippen LogP contribution in [0.5, 0.6) is 0 Å². The van der Waals surface area contributed by atoms with E-state index in [1.807, 2.05) is 0 Å². The Morgan fingerprint density at radius 2 is 1.79 bits per heavy atom. The van der Waals surface area contributed by atoms with Crippen molar-refractivity contribution in [1.29, 1.82) is 0 Å². The van der Waals surface area contributed by atoms with Gasteiger partial charge in [0.15, 0.2) is 0 Å². The molecular weight excluding hydrogens is 267 g/mol. The van der Waals surface area contributed by atoms with Crippen molar-refractivity contribution in [2.75, 3.05) is 5.32 Å². The molecule has 0 saturated heterocycles. The van der Waals surface area contributed by atoms with E-state index in [9.17, 15) is 22.8 Å². The normalized spacial score (nSPS) is 14.1. The van der Waals surface area contributed by atoms with Gasteiger partial charge in [-0.1, -0.05) is 0 Å². The summed E-state index contributed by atoms with van der Waals surface area (Å²) in [6.45, 7) is 0.368. The van der Waals surface area contributed by atoms with Gasteiger partial charge in [0.05, 0.1) is 24.5 Å². The number of hydrogen-bond acceptors (Lipinski definition) is 3. The van der Waals surface area contributed by atoms with E-state index >= 15 is 0 Å². The number of carboxylic acids is 1. The molecule has 0 aliphatic carbocycles. The first kappa shape index (κ1) is 13.3. The fourth-order valence-corrected chi connectivity index (χ4v) is 1.70. The van der Waals surface area contributed by atoms with E-state index in [0.717, 1.165) is 0 Å². The van der Waals surface area contributed by atoms with Gasteiger partial charge in [-0.2, -0.15) is 13.2 Å². The van der Waals surface area contributed by atoms with Crippen molar-refractivity contribution < 1.29 is 32.6 Å². The molecule has 5 nitrogen and oxygen atoms in total. The van der Waals surface area contributed by atoms with E-state index in [4.69, 9.17) is 9.84 Å². The number of carboxylic acid groups (broad SMARTS) is 1. The number of hydrogen-bond donors (Lipinski definition) is 2. The highest BCUT2D eigenvalue weighted by molar-refractivity contribution is 6.02. The molecule has 0 radical (unpaired) electrons. The number of benzene rings is 1. The summed E-state index contributed by atoms with van der Waals surface area (Å²) in [6, 6.07) is 2.39. The second-order valence-electron chi connectivity index (χ2n) is 3.92. The van der Waals surface area contributed by atoms with Gasteiger partial charge < -0.3 is 15.2 Å². The maximum atomic E-state index is 12.2. The smallest absolute Gasteiger partial charge is 0.471 e. The first-order chi connectivity index (χ1) is 8.79. The van der Waals surface area contributed by atoms with Gasteiger partial charge in [0.25, 0.3) is 0 Å². The van der Waals surface area contributed by atoms with Crippen LogP contribution in [0.1, 0.15) is 21.5 Å². The molecule has 1 aromatic carbocycles. The molecule has 0 atom stereocenters. The molecule has 8 heteroatoms. The van der Waals surface area contributed by atoms with Crippen LogP contribution in [0.2, 0.25) is 0 Å². The largest absolute Gasteiger partial charge is 0.478 e. The highest BCUT2D eigenvalue weighted by atomic mass is 19.4. The molecule has 0 saturated carbocycles. The average Bonchev–Trinajstić information content (AvgIpc) is 2.73. The summed E-state index contributed by atoms with van der Waals surface area (Å²) in [5, 5.41) is 10.5. The molecule has 0 spiro atoms. The minimum absolute atomic E-state index is 0.171.